The first-order valence-corrected chi connectivity index (χ1v) is 7.17. The van der Waals surface area contributed by atoms with Crippen LogP contribution < -0.4 is 10.2 Å². The highest BCUT2D eigenvalue weighted by atomic mass is 79.9. The molecule has 1 aliphatic rings. The van der Waals surface area contributed by atoms with Crippen LogP contribution in [0, 0.1) is 6.92 Å². The van der Waals surface area contributed by atoms with Crippen LogP contribution in [0.25, 0.3) is 0 Å². The van der Waals surface area contributed by atoms with Crippen molar-refractivity contribution in [2.24, 2.45) is 0 Å². The third-order valence-corrected chi connectivity index (χ3v) is 5.01. The lowest BCUT2D eigenvalue weighted by molar-refractivity contribution is 0.00578. The van der Waals surface area contributed by atoms with E-state index >= 15 is 0 Å². The standard InChI is InChI=1S/C14H20BBrO3/c1-9-7-10(8-11(17-6)12(9)16)15-18-13(2,3)14(4,5)19-15/h7-8H,1-6H3. The van der Waals surface area contributed by atoms with Crippen LogP contribution in [0.2, 0.25) is 0 Å². The summed E-state index contributed by atoms with van der Waals surface area (Å²) in [7, 11) is 1.30. The zero-order chi connectivity index (χ0) is 14.4. The zero-order valence-corrected chi connectivity index (χ0v) is 13.9. The molecule has 0 N–H and O–H groups in total. The summed E-state index contributed by atoms with van der Waals surface area (Å²) in [6, 6.07) is 4.02. The van der Waals surface area contributed by atoms with Crippen LogP contribution in [0.3, 0.4) is 0 Å². The van der Waals surface area contributed by atoms with Crippen molar-refractivity contribution in [3.05, 3.63) is 22.2 Å². The molecule has 0 unspecified atom stereocenters. The molecule has 0 spiro atoms. The molecule has 1 saturated heterocycles. The molecular formula is C14H20BBrO3. The lowest BCUT2D eigenvalue weighted by Gasteiger charge is -2.32. The van der Waals surface area contributed by atoms with E-state index in [1.807, 2.05) is 13.0 Å². The predicted octanol–water partition coefficient (Wildman–Crippen LogP) is 3.07. The van der Waals surface area contributed by atoms with Gasteiger partial charge in [-0.05, 0) is 67.6 Å². The maximum Gasteiger partial charge on any atom is 0.494 e. The Morgan fingerprint density at radius 3 is 2.11 bits per heavy atom. The molecule has 0 saturated carbocycles. The zero-order valence-electron chi connectivity index (χ0n) is 12.3. The maximum atomic E-state index is 6.05. The quantitative estimate of drug-likeness (QED) is 0.782. The van der Waals surface area contributed by atoms with Gasteiger partial charge in [-0.2, -0.15) is 0 Å². The van der Waals surface area contributed by atoms with Gasteiger partial charge in [0.2, 0.25) is 0 Å². The average Bonchev–Trinajstić information content (AvgIpc) is 2.52. The van der Waals surface area contributed by atoms with Crippen LogP contribution in [0.1, 0.15) is 33.3 Å². The van der Waals surface area contributed by atoms with Crippen molar-refractivity contribution in [3.63, 3.8) is 0 Å². The molecule has 1 aromatic rings. The van der Waals surface area contributed by atoms with Gasteiger partial charge >= 0.3 is 7.12 Å². The van der Waals surface area contributed by atoms with E-state index in [9.17, 15) is 0 Å². The Morgan fingerprint density at radius 1 is 1.11 bits per heavy atom. The Labute approximate surface area is 123 Å². The van der Waals surface area contributed by atoms with Gasteiger partial charge in [-0.15, -0.1) is 0 Å². The number of aryl methyl sites for hydroxylation is 1. The highest BCUT2D eigenvalue weighted by Gasteiger charge is 2.51. The van der Waals surface area contributed by atoms with Crippen LogP contribution in [0.15, 0.2) is 16.6 Å². The summed E-state index contributed by atoms with van der Waals surface area (Å²) in [5, 5.41) is 0. The molecule has 0 radical (unpaired) electrons. The number of hydrogen-bond donors (Lipinski definition) is 0. The Kier molecular flexibility index (Phi) is 3.76. The monoisotopic (exact) mass is 326 g/mol. The van der Waals surface area contributed by atoms with Crippen LogP contribution in [-0.4, -0.2) is 25.4 Å². The smallest absolute Gasteiger partial charge is 0.494 e. The van der Waals surface area contributed by atoms with Gasteiger partial charge in [0.05, 0.1) is 22.8 Å². The number of benzene rings is 1. The van der Waals surface area contributed by atoms with Gasteiger partial charge in [-0.25, -0.2) is 0 Å². The number of halogens is 1. The molecule has 5 heteroatoms. The van der Waals surface area contributed by atoms with Crippen LogP contribution in [-0.2, 0) is 9.31 Å². The van der Waals surface area contributed by atoms with Crippen molar-refractivity contribution in [1.82, 2.24) is 0 Å². The molecule has 0 bridgehead atoms. The highest BCUT2D eigenvalue weighted by Crippen LogP contribution is 2.37. The lowest BCUT2D eigenvalue weighted by Crippen LogP contribution is -2.41. The number of methoxy groups -OCH3 is 1. The minimum Gasteiger partial charge on any atom is -0.496 e. The normalized spacial score (nSPS) is 20.7. The van der Waals surface area contributed by atoms with E-state index in [1.54, 1.807) is 7.11 Å². The van der Waals surface area contributed by atoms with E-state index in [2.05, 4.69) is 49.7 Å². The lowest BCUT2D eigenvalue weighted by atomic mass is 9.78. The van der Waals surface area contributed by atoms with Crippen LogP contribution in [0.5, 0.6) is 5.75 Å². The molecule has 1 aliphatic heterocycles. The van der Waals surface area contributed by atoms with E-state index in [0.29, 0.717) is 0 Å². The maximum absolute atomic E-state index is 6.05. The third-order valence-electron chi connectivity index (χ3n) is 3.99. The molecule has 2 rings (SSSR count). The third kappa shape index (κ3) is 2.56. The molecule has 19 heavy (non-hydrogen) atoms. The van der Waals surface area contributed by atoms with Gasteiger partial charge < -0.3 is 14.0 Å². The van der Waals surface area contributed by atoms with E-state index in [1.165, 1.54) is 0 Å². The van der Waals surface area contributed by atoms with Crippen molar-refractivity contribution in [2.45, 2.75) is 45.8 Å². The minimum absolute atomic E-state index is 0.327. The molecule has 0 aromatic heterocycles. The van der Waals surface area contributed by atoms with Gasteiger partial charge in [-0.1, -0.05) is 6.07 Å². The first-order valence-electron chi connectivity index (χ1n) is 6.37. The van der Waals surface area contributed by atoms with E-state index < -0.39 is 0 Å². The second-order valence-corrected chi connectivity index (χ2v) is 6.74. The van der Waals surface area contributed by atoms with Crippen molar-refractivity contribution in [3.8, 4) is 5.75 Å². The van der Waals surface area contributed by atoms with Crippen molar-refractivity contribution >= 4 is 28.5 Å². The van der Waals surface area contributed by atoms with Crippen molar-refractivity contribution in [2.75, 3.05) is 7.11 Å². The molecular weight excluding hydrogens is 307 g/mol. The molecule has 1 heterocycles. The highest BCUT2D eigenvalue weighted by molar-refractivity contribution is 9.10. The second kappa shape index (κ2) is 4.79. The van der Waals surface area contributed by atoms with E-state index in [4.69, 9.17) is 14.0 Å². The molecule has 0 amide bonds. The van der Waals surface area contributed by atoms with Crippen LogP contribution >= 0.6 is 15.9 Å². The Bertz CT molecular complexity index is 484. The van der Waals surface area contributed by atoms with E-state index in [0.717, 1.165) is 21.2 Å². The first kappa shape index (κ1) is 14.9. The fraction of sp³-hybridized carbons (Fsp3) is 0.571. The topological polar surface area (TPSA) is 27.7 Å². The Balaban J connectivity index is 2.37. The Hall–Kier alpha value is -0.515. The summed E-state index contributed by atoms with van der Waals surface area (Å²) in [5.41, 5.74) is 1.43. The summed E-state index contributed by atoms with van der Waals surface area (Å²) in [4.78, 5) is 0. The van der Waals surface area contributed by atoms with Crippen molar-refractivity contribution in [1.29, 1.82) is 0 Å². The molecule has 104 valence electrons. The van der Waals surface area contributed by atoms with Gasteiger partial charge in [0.1, 0.15) is 5.75 Å². The van der Waals surface area contributed by atoms with Crippen molar-refractivity contribution < 1.29 is 14.0 Å². The summed E-state index contributed by atoms with van der Waals surface area (Å²) >= 11 is 3.52. The van der Waals surface area contributed by atoms with E-state index in [-0.39, 0.29) is 18.3 Å². The second-order valence-electron chi connectivity index (χ2n) is 5.94. The van der Waals surface area contributed by atoms with Gasteiger partial charge in [0, 0.05) is 0 Å². The molecule has 0 atom stereocenters. The van der Waals surface area contributed by atoms with Crippen LogP contribution in [0.4, 0.5) is 0 Å². The summed E-state index contributed by atoms with van der Waals surface area (Å²) in [5.74, 6) is 0.796. The molecule has 3 nitrogen and oxygen atoms in total. The van der Waals surface area contributed by atoms with Gasteiger partial charge in [0.25, 0.3) is 0 Å². The summed E-state index contributed by atoms with van der Waals surface area (Å²) in [6.07, 6.45) is 0. The average molecular weight is 327 g/mol. The number of ether oxygens (including phenoxy) is 1. The first-order chi connectivity index (χ1) is 8.68. The molecule has 1 aromatic carbocycles. The predicted molar refractivity (Wildman–Crippen MR) is 81.1 cm³/mol. The molecule has 0 aliphatic carbocycles. The SMILES string of the molecule is COc1cc(B2OC(C)(C)C(C)(C)O2)cc(C)c1Br. The van der Waals surface area contributed by atoms with Gasteiger partial charge in [-0.3, -0.25) is 0 Å². The Morgan fingerprint density at radius 2 is 1.63 bits per heavy atom. The summed E-state index contributed by atoms with van der Waals surface area (Å²) in [6.45, 7) is 10.2. The van der Waals surface area contributed by atoms with Gasteiger partial charge in [0.15, 0.2) is 0 Å². The fourth-order valence-corrected chi connectivity index (χ4v) is 2.42. The number of rotatable bonds is 2. The fourth-order valence-electron chi connectivity index (χ4n) is 2.03. The minimum atomic E-state index is -0.356. The molecule has 1 fully saturated rings. The number of hydrogen-bond acceptors (Lipinski definition) is 3. The summed E-state index contributed by atoms with van der Waals surface area (Å²) < 4.78 is 18.4. The largest absolute Gasteiger partial charge is 0.496 e.